The lowest BCUT2D eigenvalue weighted by Gasteiger charge is -2.20. The van der Waals surface area contributed by atoms with Crippen LogP contribution in [-0.4, -0.2) is 17.2 Å². The van der Waals surface area contributed by atoms with Gasteiger partial charge in [0.25, 0.3) is 0 Å². The number of pyridine rings is 1. The Hall–Kier alpha value is -1.09. The highest BCUT2D eigenvalue weighted by atomic mass is 16.5. The van der Waals surface area contributed by atoms with Gasteiger partial charge in [-0.2, -0.15) is 0 Å². The van der Waals surface area contributed by atoms with Gasteiger partial charge < -0.3 is 9.84 Å². The third-order valence-corrected chi connectivity index (χ3v) is 2.05. The van der Waals surface area contributed by atoms with Crippen molar-refractivity contribution in [3.63, 3.8) is 0 Å². The average molecular weight is 181 g/mol. The van der Waals surface area contributed by atoms with Crippen LogP contribution in [0.3, 0.4) is 0 Å². The van der Waals surface area contributed by atoms with Gasteiger partial charge in [0, 0.05) is 17.3 Å². The van der Waals surface area contributed by atoms with Gasteiger partial charge >= 0.3 is 0 Å². The number of aromatic nitrogens is 1. The zero-order chi connectivity index (χ0) is 10.1. The van der Waals surface area contributed by atoms with E-state index in [-0.39, 0.29) is 0 Å². The molecule has 13 heavy (non-hydrogen) atoms. The van der Waals surface area contributed by atoms with Gasteiger partial charge in [-0.15, -0.1) is 0 Å². The third kappa shape index (κ3) is 1.98. The molecule has 0 fully saturated rings. The lowest BCUT2D eigenvalue weighted by atomic mass is 9.96. The van der Waals surface area contributed by atoms with E-state index in [9.17, 15) is 5.11 Å². The van der Waals surface area contributed by atoms with Crippen molar-refractivity contribution in [2.24, 2.45) is 0 Å². The van der Waals surface area contributed by atoms with E-state index in [1.807, 2.05) is 6.92 Å². The number of ether oxygens (including phenoxy) is 1. The van der Waals surface area contributed by atoms with Crippen LogP contribution in [0.4, 0.5) is 0 Å². The first-order valence-electron chi connectivity index (χ1n) is 4.18. The van der Waals surface area contributed by atoms with Crippen LogP contribution in [0, 0.1) is 6.92 Å². The molecule has 0 amide bonds. The van der Waals surface area contributed by atoms with Gasteiger partial charge in [-0.1, -0.05) is 0 Å². The zero-order valence-electron chi connectivity index (χ0n) is 8.46. The SMILES string of the molecule is COc1cncc(C(C)(C)O)c1C. The molecule has 1 aromatic heterocycles. The summed E-state index contributed by atoms with van der Waals surface area (Å²) in [6, 6.07) is 0. The molecule has 3 heteroatoms. The predicted molar refractivity (Wildman–Crippen MR) is 50.8 cm³/mol. The Balaban J connectivity index is 3.24. The molecule has 3 nitrogen and oxygen atoms in total. The zero-order valence-corrected chi connectivity index (χ0v) is 8.46. The fourth-order valence-electron chi connectivity index (χ4n) is 1.33. The number of nitrogens with zero attached hydrogens (tertiary/aromatic N) is 1. The quantitative estimate of drug-likeness (QED) is 0.754. The second-order valence-corrected chi connectivity index (χ2v) is 3.57. The summed E-state index contributed by atoms with van der Waals surface area (Å²) >= 11 is 0. The molecule has 0 radical (unpaired) electrons. The Morgan fingerprint density at radius 1 is 1.38 bits per heavy atom. The van der Waals surface area contributed by atoms with Crippen molar-refractivity contribution in [3.8, 4) is 5.75 Å². The van der Waals surface area contributed by atoms with Gasteiger partial charge in [-0.05, 0) is 20.8 Å². The van der Waals surface area contributed by atoms with Gasteiger partial charge in [-0.3, -0.25) is 4.98 Å². The molecule has 0 aliphatic carbocycles. The molecule has 72 valence electrons. The van der Waals surface area contributed by atoms with Crippen molar-refractivity contribution in [1.29, 1.82) is 0 Å². The number of rotatable bonds is 2. The minimum Gasteiger partial charge on any atom is -0.495 e. The fourth-order valence-corrected chi connectivity index (χ4v) is 1.33. The van der Waals surface area contributed by atoms with Crippen molar-refractivity contribution in [3.05, 3.63) is 23.5 Å². The van der Waals surface area contributed by atoms with Crippen molar-refractivity contribution in [2.45, 2.75) is 26.4 Å². The van der Waals surface area contributed by atoms with Crippen molar-refractivity contribution < 1.29 is 9.84 Å². The van der Waals surface area contributed by atoms with Crippen LogP contribution in [0.15, 0.2) is 12.4 Å². The summed E-state index contributed by atoms with van der Waals surface area (Å²) in [5, 5.41) is 9.79. The van der Waals surface area contributed by atoms with Crippen molar-refractivity contribution in [1.82, 2.24) is 4.98 Å². The molecular weight excluding hydrogens is 166 g/mol. The number of hydrogen-bond acceptors (Lipinski definition) is 3. The first-order valence-corrected chi connectivity index (χ1v) is 4.18. The van der Waals surface area contributed by atoms with E-state index in [0.29, 0.717) is 5.75 Å². The van der Waals surface area contributed by atoms with Gasteiger partial charge in [0.15, 0.2) is 0 Å². The summed E-state index contributed by atoms with van der Waals surface area (Å²) in [5.41, 5.74) is 0.864. The van der Waals surface area contributed by atoms with E-state index in [1.54, 1.807) is 33.4 Å². The fraction of sp³-hybridized carbons (Fsp3) is 0.500. The average Bonchev–Trinajstić information content (AvgIpc) is 2.02. The van der Waals surface area contributed by atoms with Crippen molar-refractivity contribution >= 4 is 0 Å². The topological polar surface area (TPSA) is 42.4 Å². The Labute approximate surface area is 78.4 Å². The largest absolute Gasteiger partial charge is 0.495 e. The highest BCUT2D eigenvalue weighted by Crippen LogP contribution is 2.27. The highest BCUT2D eigenvalue weighted by Gasteiger charge is 2.20. The summed E-state index contributed by atoms with van der Waals surface area (Å²) < 4.78 is 5.11. The number of hydrogen-bond donors (Lipinski definition) is 1. The molecule has 0 aliphatic heterocycles. The van der Waals surface area contributed by atoms with E-state index in [0.717, 1.165) is 11.1 Å². The van der Waals surface area contributed by atoms with E-state index >= 15 is 0 Å². The number of methoxy groups -OCH3 is 1. The van der Waals surface area contributed by atoms with Gasteiger partial charge in [0.2, 0.25) is 0 Å². The molecule has 1 rings (SSSR count). The van der Waals surface area contributed by atoms with Crippen LogP contribution in [0.25, 0.3) is 0 Å². The Kier molecular flexibility index (Phi) is 2.57. The molecular formula is C10H15NO2. The summed E-state index contributed by atoms with van der Waals surface area (Å²) in [5.74, 6) is 0.708. The van der Waals surface area contributed by atoms with Gasteiger partial charge in [0.05, 0.1) is 18.9 Å². The molecule has 1 heterocycles. The molecule has 0 unspecified atom stereocenters. The van der Waals surface area contributed by atoms with E-state index in [2.05, 4.69) is 4.98 Å². The van der Waals surface area contributed by atoms with Crippen LogP contribution in [0.2, 0.25) is 0 Å². The Bertz CT molecular complexity index is 302. The van der Waals surface area contributed by atoms with Crippen LogP contribution in [0.1, 0.15) is 25.0 Å². The molecule has 0 spiro atoms. The molecule has 0 aromatic carbocycles. The Morgan fingerprint density at radius 2 is 2.00 bits per heavy atom. The van der Waals surface area contributed by atoms with E-state index in [4.69, 9.17) is 4.74 Å². The molecule has 1 aromatic rings. The summed E-state index contributed by atoms with van der Waals surface area (Å²) in [7, 11) is 1.60. The van der Waals surface area contributed by atoms with Gasteiger partial charge in [-0.25, -0.2) is 0 Å². The number of aliphatic hydroxyl groups is 1. The minimum atomic E-state index is -0.869. The minimum absolute atomic E-state index is 0.708. The van der Waals surface area contributed by atoms with Crippen LogP contribution in [0.5, 0.6) is 5.75 Å². The molecule has 0 aliphatic rings. The summed E-state index contributed by atoms with van der Waals surface area (Å²) in [6.07, 6.45) is 3.31. The monoisotopic (exact) mass is 181 g/mol. The molecule has 0 saturated heterocycles. The normalized spacial score (nSPS) is 11.5. The molecule has 1 N–H and O–H groups in total. The van der Waals surface area contributed by atoms with E-state index in [1.165, 1.54) is 0 Å². The van der Waals surface area contributed by atoms with Crippen molar-refractivity contribution in [2.75, 3.05) is 7.11 Å². The Morgan fingerprint density at radius 3 is 2.46 bits per heavy atom. The smallest absolute Gasteiger partial charge is 0.140 e. The molecule has 0 saturated carbocycles. The molecule has 0 bridgehead atoms. The maximum absolute atomic E-state index is 9.79. The van der Waals surface area contributed by atoms with Gasteiger partial charge in [0.1, 0.15) is 5.75 Å². The van der Waals surface area contributed by atoms with E-state index < -0.39 is 5.60 Å². The first-order chi connectivity index (χ1) is 5.96. The van der Waals surface area contributed by atoms with Crippen LogP contribution in [-0.2, 0) is 5.60 Å². The molecule has 0 atom stereocenters. The first kappa shape index (κ1) is 9.99. The van der Waals surface area contributed by atoms with Crippen LogP contribution < -0.4 is 4.74 Å². The summed E-state index contributed by atoms with van der Waals surface area (Å²) in [6.45, 7) is 5.38. The maximum Gasteiger partial charge on any atom is 0.140 e. The standard InChI is InChI=1S/C10H15NO2/c1-7-8(10(2,3)12)5-11-6-9(7)13-4/h5-6,12H,1-4H3. The lowest BCUT2D eigenvalue weighted by Crippen LogP contribution is -2.17. The second kappa shape index (κ2) is 3.34. The third-order valence-electron chi connectivity index (χ3n) is 2.05. The lowest BCUT2D eigenvalue weighted by molar-refractivity contribution is 0.0772. The highest BCUT2D eigenvalue weighted by molar-refractivity contribution is 5.38. The summed E-state index contributed by atoms with van der Waals surface area (Å²) in [4.78, 5) is 4.00. The second-order valence-electron chi connectivity index (χ2n) is 3.57. The predicted octanol–water partition coefficient (Wildman–Crippen LogP) is 1.63. The van der Waals surface area contributed by atoms with Crippen LogP contribution >= 0.6 is 0 Å². The maximum atomic E-state index is 9.79.